The molecule has 12 heteroatoms. The van der Waals surface area contributed by atoms with Gasteiger partial charge in [0.2, 0.25) is 21.1 Å². The third kappa shape index (κ3) is 5.64. The molecule has 0 saturated carbocycles. The highest BCUT2D eigenvalue weighted by Crippen LogP contribution is 2.30. The molecule has 1 fully saturated rings. The molecule has 1 saturated heterocycles. The van der Waals surface area contributed by atoms with Gasteiger partial charge in [-0.1, -0.05) is 35.0 Å². The molecule has 1 aromatic heterocycles. The first-order valence-electron chi connectivity index (χ1n) is 9.02. The topological polar surface area (TPSA) is 108 Å². The number of halogens is 2. The zero-order chi connectivity index (χ0) is 21.0. The van der Waals surface area contributed by atoms with E-state index >= 15 is 0 Å². The number of rotatable bonds is 7. The standard InChI is InChI=1S/C17H21Cl2N5O3S2/c1-11-21-17(23-22-11)28-9-6-20-16(25)12-4-7-24(8-5-12)29(26,27)15-10-13(18)2-3-14(15)19/h2-3,10,12H,4-9H2,1H3,(H,20,25)(H,21,22,23). The van der Waals surface area contributed by atoms with E-state index < -0.39 is 10.0 Å². The van der Waals surface area contributed by atoms with Crippen LogP contribution in [0.25, 0.3) is 0 Å². The van der Waals surface area contributed by atoms with Crippen molar-refractivity contribution in [1.82, 2.24) is 24.8 Å². The summed E-state index contributed by atoms with van der Waals surface area (Å²) in [6.45, 7) is 2.84. The molecule has 0 bridgehead atoms. The van der Waals surface area contributed by atoms with Gasteiger partial charge in [-0.05, 0) is 38.0 Å². The van der Waals surface area contributed by atoms with E-state index in [0.29, 0.717) is 35.3 Å². The lowest BCUT2D eigenvalue weighted by atomic mass is 9.97. The second-order valence-corrected chi connectivity index (χ2v) is 10.4. The van der Waals surface area contributed by atoms with Crippen LogP contribution in [0.1, 0.15) is 18.7 Å². The zero-order valence-electron chi connectivity index (χ0n) is 15.7. The van der Waals surface area contributed by atoms with Gasteiger partial charge in [0.25, 0.3) is 0 Å². The number of aromatic amines is 1. The Labute approximate surface area is 183 Å². The number of nitrogens with zero attached hydrogens (tertiary/aromatic N) is 3. The molecule has 2 heterocycles. The van der Waals surface area contributed by atoms with Gasteiger partial charge >= 0.3 is 0 Å². The van der Waals surface area contributed by atoms with E-state index in [9.17, 15) is 13.2 Å². The highest BCUT2D eigenvalue weighted by molar-refractivity contribution is 7.99. The Hall–Kier alpha value is -1.33. The molecule has 0 aliphatic carbocycles. The molecule has 2 N–H and O–H groups in total. The number of aromatic nitrogens is 3. The lowest BCUT2D eigenvalue weighted by molar-refractivity contribution is -0.125. The molecule has 1 aromatic carbocycles. The minimum absolute atomic E-state index is 0.00574. The number of hydrogen-bond acceptors (Lipinski definition) is 6. The first-order chi connectivity index (χ1) is 13.8. The number of sulfonamides is 1. The van der Waals surface area contributed by atoms with Gasteiger partial charge in [-0.15, -0.1) is 5.10 Å². The molecular weight excluding hydrogens is 457 g/mol. The molecule has 1 amide bonds. The number of amides is 1. The van der Waals surface area contributed by atoms with Crippen molar-refractivity contribution in [1.29, 1.82) is 0 Å². The van der Waals surface area contributed by atoms with Crippen LogP contribution in [-0.4, -0.2) is 59.2 Å². The monoisotopic (exact) mass is 477 g/mol. The van der Waals surface area contributed by atoms with Crippen molar-refractivity contribution in [3.8, 4) is 0 Å². The van der Waals surface area contributed by atoms with Crippen molar-refractivity contribution in [2.75, 3.05) is 25.4 Å². The first-order valence-corrected chi connectivity index (χ1v) is 12.2. The van der Waals surface area contributed by atoms with Crippen LogP contribution in [0.3, 0.4) is 0 Å². The molecule has 2 aromatic rings. The number of thioether (sulfide) groups is 1. The van der Waals surface area contributed by atoms with E-state index in [2.05, 4.69) is 20.5 Å². The van der Waals surface area contributed by atoms with E-state index in [4.69, 9.17) is 23.2 Å². The number of benzene rings is 1. The summed E-state index contributed by atoms with van der Waals surface area (Å²) in [5.41, 5.74) is 0. The number of nitrogens with one attached hydrogen (secondary N) is 2. The van der Waals surface area contributed by atoms with Crippen LogP contribution in [0.4, 0.5) is 0 Å². The van der Waals surface area contributed by atoms with Crippen molar-refractivity contribution < 1.29 is 13.2 Å². The van der Waals surface area contributed by atoms with Gasteiger partial charge in [-0.25, -0.2) is 13.4 Å². The van der Waals surface area contributed by atoms with Crippen LogP contribution in [-0.2, 0) is 14.8 Å². The van der Waals surface area contributed by atoms with Crippen molar-refractivity contribution in [2.45, 2.75) is 29.8 Å². The SMILES string of the molecule is Cc1nc(SCCNC(=O)C2CCN(S(=O)(=O)c3cc(Cl)ccc3Cl)CC2)n[nH]1. The maximum atomic E-state index is 12.8. The lowest BCUT2D eigenvalue weighted by Gasteiger charge is -2.30. The Morgan fingerprint density at radius 2 is 2.07 bits per heavy atom. The van der Waals surface area contributed by atoms with E-state index in [0.717, 1.165) is 5.82 Å². The normalized spacial score (nSPS) is 16.1. The summed E-state index contributed by atoms with van der Waals surface area (Å²) in [6, 6.07) is 4.36. The number of carbonyl (C=O) groups is 1. The minimum Gasteiger partial charge on any atom is -0.355 e. The summed E-state index contributed by atoms with van der Waals surface area (Å²) in [5.74, 6) is 1.13. The highest BCUT2D eigenvalue weighted by Gasteiger charge is 2.33. The number of carbonyl (C=O) groups excluding carboxylic acids is 1. The second kappa shape index (κ2) is 9.65. The highest BCUT2D eigenvalue weighted by atomic mass is 35.5. The van der Waals surface area contributed by atoms with Crippen molar-refractivity contribution in [3.63, 3.8) is 0 Å². The Balaban J connectivity index is 1.48. The van der Waals surface area contributed by atoms with E-state index in [1.807, 2.05) is 6.92 Å². The minimum atomic E-state index is -3.75. The molecule has 0 radical (unpaired) electrons. The van der Waals surface area contributed by atoms with E-state index in [1.54, 1.807) is 6.07 Å². The molecule has 0 spiro atoms. The third-order valence-corrected chi connectivity index (χ3v) is 8.01. The molecule has 1 aliphatic rings. The predicted molar refractivity (Wildman–Crippen MR) is 113 cm³/mol. The number of H-pyrrole nitrogens is 1. The second-order valence-electron chi connectivity index (χ2n) is 6.60. The maximum absolute atomic E-state index is 12.8. The molecule has 8 nitrogen and oxygen atoms in total. The zero-order valence-corrected chi connectivity index (χ0v) is 18.8. The average molecular weight is 478 g/mol. The molecule has 1 aliphatic heterocycles. The van der Waals surface area contributed by atoms with Gasteiger partial charge in [-0.2, -0.15) is 4.31 Å². The maximum Gasteiger partial charge on any atom is 0.244 e. The molecule has 0 unspecified atom stereocenters. The Kier molecular flexibility index (Phi) is 7.44. The van der Waals surface area contributed by atoms with Crippen LogP contribution in [0.5, 0.6) is 0 Å². The lowest BCUT2D eigenvalue weighted by Crippen LogP contribution is -2.43. The average Bonchev–Trinajstić information content (AvgIpc) is 3.12. The fourth-order valence-electron chi connectivity index (χ4n) is 3.02. The quantitative estimate of drug-likeness (QED) is 0.468. The fourth-order valence-corrected chi connectivity index (χ4v) is 5.93. The van der Waals surface area contributed by atoms with Gasteiger partial charge in [0, 0.05) is 36.3 Å². The van der Waals surface area contributed by atoms with Gasteiger partial charge in [0.05, 0.1) is 5.02 Å². The fraction of sp³-hybridized carbons (Fsp3) is 0.471. The molecule has 29 heavy (non-hydrogen) atoms. The predicted octanol–water partition coefficient (Wildman–Crippen LogP) is 2.73. The summed E-state index contributed by atoms with van der Waals surface area (Å²) in [4.78, 5) is 16.6. The molecule has 158 valence electrons. The van der Waals surface area contributed by atoms with Gasteiger partial charge in [-0.3, -0.25) is 9.89 Å². The van der Waals surface area contributed by atoms with Gasteiger partial charge in [0.15, 0.2) is 0 Å². The van der Waals surface area contributed by atoms with Crippen LogP contribution in [0.15, 0.2) is 28.3 Å². The third-order valence-electron chi connectivity index (χ3n) is 4.54. The number of piperidine rings is 1. The summed E-state index contributed by atoms with van der Waals surface area (Å²) >= 11 is 13.4. The number of aryl methyl sites for hydroxylation is 1. The van der Waals surface area contributed by atoms with Crippen LogP contribution in [0, 0.1) is 12.8 Å². The molecule has 3 rings (SSSR count). The summed E-state index contributed by atoms with van der Waals surface area (Å²) in [6.07, 6.45) is 0.910. The number of hydrogen-bond donors (Lipinski definition) is 2. The summed E-state index contributed by atoms with van der Waals surface area (Å²) < 4.78 is 27.1. The van der Waals surface area contributed by atoms with Crippen molar-refractivity contribution >= 4 is 50.9 Å². The summed E-state index contributed by atoms with van der Waals surface area (Å²) in [7, 11) is -3.75. The first kappa shape index (κ1) is 22.4. The van der Waals surface area contributed by atoms with E-state index in [1.165, 1.54) is 28.2 Å². The summed E-state index contributed by atoms with van der Waals surface area (Å²) in [5, 5.41) is 10.8. The van der Waals surface area contributed by atoms with Crippen molar-refractivity contribution in [3.05, 3.63) is 34.1 Å². The van der Waals surface area contributed by atoms with Gasteiger partial charge < -0.3 is 5.32 Å². The molecule has 0 atom stereocenters. The van der Waals surface area contributed by atoms with Crippen molar-refractivity contribution in [2.24, 2.45) is 5.92 Å². The Morgan fingerprint density at radius 3 is 2.72 bits per heavy atom. The van der Waals surface area contributed by atoms with Crippen LogP contribution < -0.4 is 5.32 Å². The largest absolute Gasteiger partial charge is 0.355 e. The van der Waals surface area contributed by atoms with Crippen LogP contribution >= 0.6 is 35.0 Å². The Morgan fingerprint density at radius 1 is 1.34 bits per heavy atom. The van der Waals surface area contributed by atoms with Crippen LogP contribution in [0.2, 0.25) is 10.0 Å². The van der Waals surface area contributed by atoms with Gasteiger partial charge in [0.1, 0.15) is 10.7 Å². The molecular formula is C17H21Cl2N5O3S2. The smallest absolute Gasteiger partial charge is 0.244 e. The van der Waals surface area contributed by atoms with E-state index in [-0.39, 0.29) is 34.8 Å². The Bertz CT molecular complexity index is 975.